The van der Waals surface area contributed by atoms with E-state index in [0.29, 0.717) is 5.75 Å². The van der Waals surface area contributed by atoms with Crippen LogP contribution in [0.1, 0.15) is 18.0 Å². The second kappa shape index (κ2) is 5.97. The Kier molecular flexibility index (Phi) is 5.57. The number of ether oxygens (including phenoxy) is 1. The first-order valence-electron chi connectivity index (χ1n) is 4.52. The number of benzene rings is 1. The molecule has 17 heavy (non-hydrogen) atoms. The Morgan fingerprint density at radius 1 is 1.41 bits per heavy atom. The Balaban J connectivity index is 0.00000256. The molecule has 0 amide bonds. The van der Waals surface area contributed by atoms with Crippen molar-refractivity contribution in [3.63, 3.8) is 0 Å². The van der Waals surface area contributed by atoms with E-state index < -0.39 is 18.6 Å². The molecule has 1 atom stereocenters. The Bertz CT molecular complexity index is 371. The van der Waals surface area contributed by atoms with Gasteiger partial charge in [-0.3, -0.25) is 0 Å². The predicted octanol–water partition coefficient (Wildman–Crippen LogP) is 2.77. The van der Waals surface area contributed by atoms with Crippen molar-refractivity contribution in [2.75, 3.05) is 7.11 Å². The number of hydrogen-bond donors (Lipinski definition) is 2. The zero-order valence-corrected chi connectivity index (χ0v) is 9.81. The van der Waals surface area contributed by atoms with Gasteiger partial charge >= 0.3 is 6.18 Å². The number of methoxy groups -OCH3 is 1. The number of phenols is 1. The van der Waals surface area contributed by atoms with Crippen molar-refractivity contribution >= 4 is 12.4 Å². The summed E-state index contributed by atoms with van der Waals surface area (Å²) in [5.74, 6) is 0.0663. The molecule has 1 aromatic rings. The summed E-state index contributed by atoms with van der Waals surface area (Å²) in [4.78, 5) is 0. The summed E-state index contributed by atoms with van der Waals surface area (Å²) in [6, 6.07) is 2.73. The highest BCUT2D eigenvalue weighted by atomic mass is 35.5. The first kappa shape index (κ1) is 15.9. The molecule has 0 bridgehead atoms. The van der Waals surface area contributed by atoms with Crippen LogP contribution >= 0.6 is 12.4 Å². The summed E-state index contributed by atoms with van der Waals surface area (Å²) in [5, 5.41) is 9.46. The maximum Gasteiger partial charge on any atom is 0.390 e. The monoisotopic (exact) mass is 271 g/mol. The van der Waals surface area contributed by atoms with Crippen LogP contribution in [0.15, 0.2) is 18.2 Å². The van der Waals surface area contributed by atoms with E-state index in [1.54, 1.807) is 0 Å². The largest absolute Gasteiger partial charge is 0.507 e. The zero-order valence-electron chi connectivity index (χ0n) is 8.99. The van der Waals surface area contributed by atoms with Crippen LogP contribution in [0.3, 0.4) is 0 Å². The van der Waals surface area contributed by atoms with Gasteiger partial charge in [-0.25, -0.2) is 0 Å². The van der Waals surface area contributed by atoms with Gasteiger partial charge in [-0.05, 0) is 6.07 Å². The molecule has 0 saturated carbocycles. The minimum absolute atomic E-state index is 0. The SMILES string of the molecule is COc1ccc([C@H](N)CC(F)(F)F)c(O)c1.Cl. The Hall–Kier alpha value is -1.14. The van der Waals surface area contributed by atoms with Gasteiger partial charge in [0, 0.05) is 17.7 Å². The predicted molar refractivity (Wildman–Crippen MR) is 59.5 cm³/mol. The molecule has 0 aliphatic rings. The standard InChI is InChI=1S/C10H12F3NO2.ClH/c1-16-6-2-3-7(9(15)4-6)8(14)5-10(11,12)13;/h2-4,8,15H,5,14H2,1H3;1H/t8-;/m1./s1. The fraction of sp³-hybridized carbons (Fsp3) is 0.400. The van der Waals surface area contributed by atoms with Crippen molar-refractivity contribution in [1.82, 2.24) is 0 Å². The van der Waals surface area contributed by atoms with Crippen molar-refractivity contribution in [1.29, 1.82) is 0 Å². The van der Waals surface area contributed by atoms with Crippen LogP contribution in [0.4, 0.5) is 13.2 Å². The topological polar surface area (TPSA) is 55.5 Å². The van der Waals surface area contributed by atoms with E-state index in [0.717, 1.165) is 0 Å². The quantitative estimate of drug-likeness (QED) is 0.889. The van der Waals surface area contributed by atoms with Crippen LogP contribution in [0.5, 0.6) is 11.5 Å². The number of phenolic OH excluding ortho intramolecular Hbond substituents is 1. The van der Waals surface area contributed by atoms with E-state index in [-0.39, 0.29) is 23.7 Å². The van der Waals surface area contributed by atoms with E-state index >= 15 is 0 Å². The number of hydrogen-bond acceptors (Lipinski definition) is 3. The van der Waals surface area contributed by atoms with Crippen LogP contribution in [0.2, 0.25) is 0 Å². The van der Waals surface area contributed by atoms with E-state index in [2.05, 4.69) is 0 Å². The smallest absolute Gasteiger partial charge is 0.390 e. The van der Waals surface area contributed by atoms with Gasteiger partial charge in [0.05, 0.1) is 13.5 Å². The van der Waals surface area contributed by atoms with E-state index in [9.17, 15) is 18.3 Å². The zero-order chi connectivity index (χ0) is 12.3. The van der Waals surface area contributed by atoms with Gasteiger partial charge in [0.25, 0.3) is 0 Å². The fourth-order valence-electron chi connectivity index (χ4n) is 1.32. The molecule has 98 valence electrons. The van der Waals surface area contributed by atoms with Gasteiger partial charge in [0.2, 0.25) is 0 Å². The highest BCUT2D eigenvalue weighted by Crippen LogP contribution is 2.33. The summed E-state index contributed by atoms with van der Waals surface area (Å²) in [6.45, 7) is 0. The first-order valence-corrected chi connectivity index (χ1v) is 4.52. The number of nitrogens with two attached hydrogens (primary N) is 1. The molecule has 0 fully saturated rings. The lowest BCUT2D eigenvalue weighted by Gasteiger charge is -2.16. The molecule has 3 nitrogen and oxygen atoms in total. The molecule has 0 aromatic heterocycles. The summed E-state index contributed by atoms with van der Waals surface area (Å²) in [6.07, 6.45) is -5.53. The third-order valence-electron chi connectivity index (χ3n) is 2.09. The lowest BCUT2D eigenvalue weighted by atomic mass is 10.0. The first-order chi connectivity index (χ1) is 7.33. The van der Waals surface area contributed by atoms with Crippen LogP contribution in [-0.2, 0) is 0 Å². The minimum Gasteiger partial charge on any atom is -0.507 e. The summed E-state index contributed by atoms with van der Waals surface area (Å²) < 4.78 is 41.1. The molecule has 0 spiro atoms. The van der Waals surface area contributed by atoms with E-state index in [1.807, 2.05) is 0 Å². The van der Waals surface area contributed by atoms with Crippen LogP contribution < -0.4 is 10.5 Å². The van der Waals surface area contributed by atoms with Crippen LogP contribution in [0.25, 0.3) is 0 Å². The molecule has 0 aliphatic heterocycles. The maximum absolute atomic E-state index is 12.1. The second-order valence-electron chi connectivity index (χ2n) is 3.35. The number of rotatable bonds is 3. The molecule has 0 heterocycles. The molecule has 0 aliphatic carbocycles. The van der Waals surface area contributed by atoms with E-state index in [1.165, 1.54) is 25.3 Å². The van der Waals surface area contributed by atoms with Crippen molar-refractivity contribution in [2.45, 2.75) is 18.6 Å². The Morgan fingerprint density at radius 2 is 2.00 bits per heavy atom. The Morgan fingerprint density at radius 3 is 2.41 bits per heavy atom. The second-order valence-corrected chi connectivity index (χ2v) is 3.35. The molecule has 0 radical (unpaired) electrons. The number of aromatic hydroxyl groups is 1. The summed E-state index contributed by atoms with van der Waals surface area (Å²) in [5.41, 5.74) is 5.41. The molecular weight excluding hydrogens is 259 g/mol. The number of halogens is 4. The lowest BCUT2D eigenvalue weighted by molar-refractivity contribution is -0.138. The maximum atomic E-state index is 12.1. The number of alkyl halides is 3. The molecule has 3 N–H and O–H groups in total. The van der Waals surface area contributed by atoms with E-state index in [4.69, 9.17) is 10.5 Å². The van der Waals surface area contributed by atoms with Crippen LogP contribution in [-0.4, -0.2) is 18.4 Å². The lowest BCUT2D eigenvalue weighted by Crippen LogP contribution is -2.20. The van der Waals surface area contributed by atoms with Crippen molar-refractivity contribution in [2.24, 2.45) is 5.73 Å². The highest BCUT2D eigenvalue weighted by Gasteiger charge is 2.31. The molecule has 1 aromatic carbocycles. The highest BCUT2D eigenvalue weighted by molar-refractivity contribution is 5.85. The van der Waals surface area contributed by atoms with Gasteiger partial charge in [-0.15, -0.1) is 12.4 Å². The molecule has 0 saturated heterocycles. The average Bonchev–Trinajstić information content (AvgIpc) is 2.14. The molecular formula is C10H13ClF3NO2. The summed E-state index contributed by atoms with van der Waals surface area (Å²) in [7, 11) is 1.39. The molecule has 0 unspecified atom stereocenters. The fourth-order valence-corrected chi connectivity index (χ4v) is 1.32. The molecule has 1 rings (SSSR count). The van der Waals surface area contributed by atoms with Gasteiger partial charge in [0.1, 0.15) is 11.5 Å². The van der Waals surface area contributed by atoms with Gasteiger partial charge in [-0.1, -0.05) is 6.07 Å². The third kappa shape index (κ3) is 4.70. The van der Waals surface area contributed by atoms with Crippen molar-refractivity contribution in [3.05, 3.63) is 23.8 Å². The summed E-state index contributed by atoms with van der Waals surface area (Å²) >= 11 is 0. The van der Waals surface area contributed by atoms with Gasteiger partial charge < -0.3 is 15.6 Å². The van der Waals surface area contributed by atoms with Gasteiger partial charge in [0.15, 0.2) is 0 Å². The average molecular weight is 272 g/mol. The van der Waals surface area contributed by atoms with Crippen molar-refractivity contribution in [3.8, 4) is 11.5 Å². The Labute approximate surface area is 103 Å². The van der Waals surface area contributed by atoms with Crippen molar-refractivity contribution < 1.29 is 23.0 Å². The van der Waals surface area contributed by atoms with Crippen LogP contribution in [0, 0.1) is 0 Å². The molecule has 7 heteroatoms. The third-order valence-corrected chi connectivity index (χ3v) is 2.09. The minimum atomic E-state index is -4.36. The van der Waals surface area contributed by atoms with Gasteiger partial charge in [-0.2, -0.15) is 13.2 Å². The normalized spacial score (nSPS) is 12.8.